The molecule has 4 heteroatoms. The number of aryl methyl sites for hydroxylation is 1. The number of nitrogens with two attached hydrogens (primary N) is 1. The lowest BCUT2D eigenvalue weighted by atomic mass is 10.1. The molecule has 20 heavy (non-hydrogen) atoms. The van der Waals surface area contributed by atoms with E-state index in [1.54, 1.807) is 0 Å². The molecule has 0 saturated carbocycles. The normalized spacial score (nSPS) is 19.6. The molecule has 4 nitrogen and oxygen atoms in total. The lowest BCUT2D eigenvalue weighted by molar-refractivity contribution is 0.00618. The maximum Gasteiger partial charge on any atom is 0.109 e. The van der Waals surface area contributed by atoms with Gasteiger partial charge in [-0.1, -0.05) is 6.92 Å². The van der Waals surface area contributed by atoms with E-state index in [2.05, 4.69) is 17.6 Å². The lowest BCUT2D eigenvalue weighted by Gasteiger charge is -2.24. The van der Waals surface area contributed by atoms with Crippen molar-refractivity contribution in [1.82, 2.24) is 9.55 Å². The van der Waals surface area contributed by atoms with Crippen LogP contribution in [-0.4, -0.2) is 22.3 Å². The first-order chi connectivity index (χ1) is 9.78. The van der Waals surface area contributed by atoms with Gasteiger partial charge in [0.05, 0.1) is 23.7 Å². The van der Waals surface area contributed by atoms with Crippen LogP contribution in [0.5, 0.6) is 0 Å². The minimum Gasteiger partial charge on any atom is -0.399 e. The number of rotatable bonds is 4. The van der Waals surface area contributed by atoms with Crippen molar-refractivity contribution in [3.63, 3.8) is 0 Å². The monoisotopic (exact) mass is 273 g/mol. The molecule has 0 radical (unpaired) electrons. The summed E-state index contributed by atoms with van der Waals surface area (Å²) in [5.41, 5.74) is 8.83. The first kappa shape index (κ1) is 13.4. The molecule has 1 aliphatic heterocycles. The van der Waals surface area contributed by atoms with Gasteiger partial charge in [-0.2, -0.15) is 0 Å². The first-order valence-corrected chi connectivity index (χ1v) is 7.64. The molecular formula is C16H23N3O. The summed E-state index contributed by atoms with van der Waals surface area (Å²) in [7, 11) is 0. The van der Waals surface area contributed by atoms with Crippen molar-refractivity contribution in [3.8, 4) is 0 Å². The molecule has 108 valence electrons. The highest BCUT2D eigenvalue weighted by Crippen LogP contribution is 2.23. The van der Waals surface area contributed by atoms with Crippen molar-refractivity contribution >= 4 is 16.7 Å². The van der Waals surface area contributed by atoms with Gasteiger partial charge in [-0.25, -0.2) is 4.98 Å². The van der Waals surface area contributed by atoms with E-state index in [4.69, 9.17) is 15.5 Å². The highest BCUT2D eigenvalue weighted by molar-refractivity contribution is 5.79. The number of ether oxygens (including phenoxy) is 1. The molecule has 1 aromatic heterocycles. The molecule has 1 fully saturated rings. The minimum absolute atomic E-state index is 0.328. The number of imidazole rings is 1. The van der Waals surface area contributed by atoms with Crippen molar-refractivity contribution in [1.29, 1.82) is 0 Å². The fraction of sp³-hybridized carbons (Fsp3) is 0.562. The van der Waals surface area contributed by atoms with Gasteiger partial charge in [0.25, 0.3) is 0 Å². The second-order valence-electron chi connectivity index (χ2n) is 5.63. The van der Waals surface area contributed by atoms with Crippen LogP contribution in [0.2, 0.25) is 0 Å². The van der Waals surface area contributed by atoms with Crippen LogP contribution in [0.1, 0.15) is 38.4 Å². The molecule has 2 aromatic rings. The Morgan fingerprint density at radius 2 is 2.30 bits per heavy atom. The third kappa shape index (κ3) is 2.66. The van der Waals surface area contributed by atoms with Gasteiger partial charge >= 0.3 is 0 Å². The van der Waals surface area contributed by atoms with E-state index >= 15 is 0 Å². The summed E-state index contributed by atoms with van der Waals surface area (Å²) in [4.78, 5) is 4.76. The third-order valence-electron chi connectivity index (χ3n) is 3.99. The fourth-order valence-corrected chi connectivity index (χ4v) is 2.97. The summed E-state index contributed by atoms with van der Waals surface area (Å²) < 4.78 is 8.21. The topological polar surface area (TPSA) is 53.1 Å². The van der Waals surface area contributed by atoms with Crippen LogP contribution in [-0.2, 0) is 17.7 Å². The van der Waals surface area contributed by atoms with Crippen LogP contribution in [0.4, 0.5) is 5.69 Å². The summed E-state index contributed by atoms with van der Waals surface area (Å²) in [6, 6.07) is 6.00. The van der Waals surface area contributed by atoms with Crippen molar-refractivity contribution in [2.24, 2.45) is 0 Å². The van der Waals surface area contributed by atoms with Crippen LogP contribution in [0.3, 0.4) is 0 Å². The quantitative estimate of drug-likeness (QED) is 0.871. The van der Waals surface area contributed by atoms with Crippen molar-refractivity contribution in [2.75, 3.05) is 12.3 Å². The summed E-state index contributed by atoms with van der Waals surface area (Å²) in [5, 5.41) is 0. The molecule has 1 saturated heterocycles. The van der Waals surface area contributed by atoms with Gasteiger partial charge in [0.1, 0.15) is 5.82 Å². The summed E-state index contributed by atoms with van der Waals surface area (Å²) in [6.45, 7) is 4.00. The molecule has 0 bridgehead atoms. The first-order valence-electron chi connectivity index (χ1n) is 7.64. The van der Waals surface area contributed by atoms with Crippen molar-refractivity contribution in [3.05, 3.63) is 24.0 Å². The highest BCUT2D eigenvalue weighted by atomic mass is 16.5. The molecule has 1 aromatic carbocycles. The zero-order chi connectivity index (χ0) is 13.9. The second kappa shape index (κ2) is 5.83. The molecule has 2 N–H and O–H groups in total. The Morgan fingerprint density at radius 1 is 1.40 bits per heavy atom. The van der Waals surface area contributed by atoms with Gasteiger partial charge < -0.3 is 15.0 Å². The zero-order valence-electron chi connectivity index (χ0n) is 12.1. The molecule has 1 unspecified atom stereocenters. The Morgan fingerprint density at radius 3 is 3.05 bits per heavy atom. The van der Waals surface area contributed by atoms with E-state index in [9.17, 15) is 0 Å². The maximum absolute atomic E-state index is 5.88. The Labute approximate surface area is 119 Å². The van der Waals surface area contributed by atoms with Crippen LogP contribution in [0, 0.1) is 0 Å². The Hall–Kier alpha value is -1.55. The minimum atomic E-state index is 0.328. The summed E-state index contributed by atoms with van der Waals surface area (Å²) >= 11 is 0. The van der Waals surface area contributed by atoms with Gasteiger partial charge in [-0.3, -0.25) is 0 Å². The summed E-state index contributed by atoms with van der Waals surface area (Å²) in [5.74, 6) is 1.15. The van der Waals surface area contributed by atoms with Crippen molar-refractivity contribution < 1.29 is 4.74 Å². The van der Waals surface area contributed by atoms with Crippen molar-refractivity contribution in [2.45, 2.75) is 51.7 Å². The molecule has 1 atom stereocenters. The number of benzene rings is 1. The van der Waals surface area contributed by atoms with E-state index < -0.39 is 0 Å². The van der Waals surface area contributed by atoms with Crippen LogP contribution >= 0.6 is 0 Å². The predicted molar refractivity (Wildman–Crippen MR) is 81.7 cm³/mol. The summed E-state index contributed by atoms with van der Waals surface area (Å²) in [6.07, 6.45) is 6.05. The Bertz CT molecular complexity index is 585. The van der Waals surface area contributed by atoms with E-state index in [1.165, 1.54) is 18.4 Å². The van der Waals surface area contributed by atoms with E-state index in [1.807, 2.05) is 12.1 Å². The molecule has 1 aliphatic rings. The fourth-order valence-electron chi connectivity index (χ4n) is 2.97. The average Bonchev–Trinajstić information content (AvgIpc) is 2.77. The van der Waals surface area contributed by atoms with E-state index in [0.717, 1.165) is 49.4 Å². The number of nitrogen functional groups attached to an aromatic ring is 1. The van der Waals surface area contributed by atoms with Gasteiger partial charge in [-0.05, 0) is 43.9 Å². The molecule has 2 heterocycles. The van der Waals surface area contributed by atoms with Crippen LogP contribution in [0.25, 0.3) is 11.0 Å². The van der Waals surface area contributed by atoms with E-state index in [0.29, 0.717) is 6.10 Å². The zero-order valence-corrected chi connectivity index (χ0v) is 12.1. The molecule has 0 spiro atoms. The second-order valence-corrected chi connectivity index (χ2v) is 5.63. The molecular weight excluding hydrogens is 250 g/mol. The van der Waals surface area contributed by atoms with Crippen LogP contribution in [0.15, 0.2) is 18.2 Å². The number of anilines is 1. The molecule has 0 aliphatic carbocycles. The number of fused-ring (bicyclic) bond motifs is 1. The number of aromatic nitrogens is 2. The highest BCUT2D eigenvalue weighted by Gasteiger charge is 2.18. The predicted octanol–water partition coefficient (Wildman–Crippen LogP) is 3.14. The SMILES string of the molecule is CCCc1nc2cc(N)ccc2n1CC1CCCCO1. The Kier molecular flexibility index (Phi) is 3.92. The average molecular weight is 273 g/mol. The van der Waals surface area contributed by atoms with Gasteiger partial charge in [0, 0.05) is 18.7 Å². The standard InChI is InChI=1S/C16H23N3O/c1-2-5-16-18-14-10-12(17)7-8-15(14)19(16)11-13-6-3-4-9-20-13/h7-8,10,13H,2-6,9,11,17H2,1H3. The Balaban J connectivity index is 1.95. The lowest BCUT2D eigenvalue weighted by Crippen LogP contribution is -2.25. The third-order valence-corrected chi connectivity index (χ3v) is 3.99. The van der Waals surface area contributed by atoms with Gasteiger partial charge in [0.15, 0.2) is 0 Å². The smallest absolute Gasteiger partial charge is 0.109 e. The maximum atomic E-state index is 5.88. The van der Waals surface area contributed by atoms with E-state index in [-0.39, 0.29) is 0 Å². The number of nitrogens with zero attached hydrogens (tertiary/aromatic N) is 2. The molecule has 3 rings (SSSR count). The molecule has 0 amide bonds. The van der Waals surface area contributed by atoms with Gasteiger partial charge in [-0.15, -0.1) is 0 Å². The van der Waals surface area contributed by atoms with Crippen LogP contribution < -0.4 is 5.73 Å². The largest absolute Gasteiger partial charge is 0.399 e. The number of hydrogen-bond acceptors (Lipinski definition) is 3. The van der Waals surface area contributed by atoms with Gasteiger partial charge in [0.2, 0.25) is 0 Å². The number of hydrogen-bond donors (Lipinski definition) is 1.